The van der Waals surface area contributed by atoms with Crippen molar-refractivity contribution < 1.29 is 0 Å². The third-order valence-corrected chi connectivity index (χ3v) is 3.81. The normalized spacial score (nSPS) is 50.7. The van der Waals surface area contributed by atoms with Crippen molar-refractivity contribution in [3.8, 4) is 0 Å². The molecule has 1 spiro atoms. The molecule has 1 saturated heterocycles. The van der Waals surface area contributed by atoms with Crippen molar-refractivity contribution in [1.29, 1.82) is 0 Å². The first-order valence-corrected chi connectivity index (χ1v) is 4.94. The molecule has 0 aromatic heterocycles. The summed E-state index contributed by atoms with van der Waals surface area (Å²) >= 11 is 0. The van der Waals surface area contributed by atoms with Crippen LogP contribution in [0.2, 0.25) is 0 Å². The van der Waals surface area contributed by atoms with Crippen molar-refractivity contribution >= 4 is 0 Å². The maximum atomic E-state index is 3.47. The van der Waals surface area contributed by atoms with Gasteiger partial charge in [-0.1, -0.05) is 13.8 Å². The SMILES string of the molecule is CC1CC2(CCNCC2C)C1. The van der Waals surface area contributed by atoms with Crippen LogP contribution in [0.25, 0.3) is 0 Å². The molecule has 1 heteroatoms. The van der Waals surface area contributed by atoms with Gasteiger partial charge in [0.25, 0.3) is 0 Å². The number of nitrogens with one attached hydrogen (secondary N) is 1. The molecule has 2 fully saturated rings. The van der Waals surface area contributed by atoms with Gasteiger partial charge in [0.2, 0.25) is 0 Å². The van der Waals surface area contributed by atoms with Crippen LogP contribution in [-0.2, 0) is 0 Å². The van der Waals surface area contributed by atoms with Crippen LogP contribution in [0.4, 0.5) is 0 Å². The highest BCUT2D eigenvalue weighted by Gasteiger charge is 2.46. The van der Waals surface area contributed by atoms with Crippen LogP contribution in [0.1, 0.15) is 33.1 Å². The average Bonchev–Trinajstić information content (AvgIpc) is 1.92. The third kappa shape index (κ3) is 1.10. The molecule has 2 rings (SSSR count). The Hall–Kier alpha value is -0.0400. The summed E-state index contributed by atoms with van der Waals surface area (Å²) in [6.07, 6.45) is 4.42. The van der Waals surface area contributed by atoms with E-state index in [2.05, 4.69) is 19.2 Å². The van der Waals surface area contributed by atoms with Crippen molar-refractivity contribution in [1.82, 2.24) is 5.32 Å². The summed E-state index contributed by atoms with van der Waals surface area (Å²) in [5.41, 5.74) is 0.769. The van der Waals surface area contributed by atoms with Crippen LogP contribution in [0.3, 0.4) is 0 Å². The van der Waals surface area contributed by atoms with Crippen molar-refractivity contribution in [3.05, 3.63) is 0 Å². The molecular weight excluding hydrogens is 134 g/mol. The Labute approximate surface area is 69.6 Å². The average molecular weight is 153 g/mol. The number of hydrogen-bond donors (Lipinski definition) is 1. The van der Waals surface area contributed by atoms with E-state index in [1.165, 1.54) is 32.4 Å². The molecule has 1 nitrogen and oxygen atoms in total. The Kier molecular flexibility index (Phi) is 1.71. The number of piperidine rings is 1. The van der Waals surface area contributed by atoms with Crippen molar-refractivity contribution in [2.75, 3.05) is 13.1 Å². The zero-order valence-corrected chi connectivity index (χ0v) is 7.69. The van der Waals surface area contributed by atoms with Crippen LogP contribution >= 0.6 is 0 Å². The number of rotatable bonds is 0. The lowest BCUT2D eigenvalue weighted by atomic mass is 9.54. The van der Waals surface area contributed by atoms with E-state index in [4.69, 9.17) is 0 Å². The quantitative estimate of drug-likeness (QED) is 0.561. The highest BCUT2D eigenvalue weighted by atomic mass is 14.9. The first-order chi connectivity index (χ1) is 5.23. The fourth-order valence-corrected chi connectivity index (χ4v) is 3.05. The second-order valence-corrected chi connectivity index (χ2v) is 4.73. The minimum absolute atomic E-state index is 0.769. The van der Waals surface area contributed by atoms with Crippen LogP contribution < -0.4 is 5.32 Å². The van der Waals surface area contributed by atoms with Gasteiger partial charge in [-0.2, -0.15) is 0 Å². The smallest absolute Gasteiger partial charge is 0.00178 e. The van der Waals surface area contributed by atoms with Crippen molar-refractivity contribution in [3.63, 3.8) is 0 Å². The van der Waals surface area contributed by atoms with Gasteiger partial charge in [0.1, 0.15) is 0 Å². The Morgan fingerprint density at radius 3 is 2.55 bits per heavy atom. The van der Waals surface area contributed by atoms with Crippen molar-refractivity contribution in [2.45, 2.75) is 33.1 Å². The van der Waals surface area contributed by atoms with E-state index >= 15 is 0 Å². The second kappa shape index (κ2) is 2.48. The van der Waals surface area contributed by atoms with Gasteiger partial charge in [-0.25, -0.2) is 0 Å². The van der Waals surface area contributed by atoms with Gasteiger partial charge in [-0.05, 0) is 49.6 Å². The fraction of sp³-hybridized carbons (Fsp3) is 1.00. The van der Waals surface area contributed by atoms with Crippen LogP contribution in [0.5, 0.6) is 0 Å². The van der Waals surface area contributed by atoms with Gasteiger partial charge in [-0.15, -0.1) is 0 Å². The summed E-state index contributed by atoms with van der Waals surface area (Å²) < 4.78 is 0. The number of hydrogen-bond acceptors (Lipinski definition) is 1. The predicted molar refractivity (Wildman–Crippen MR) is 47.5 cm³/mol. The Bertz CT molecular complexity index is 141. The zero-order chi connectivity index (χ0) is 7.90. The molecule has 0 aromatic rings. The van der Waals surface area contributed by atoms with Gasteiger partial charge >= 0.3 is 0 Å². The molecule has 0 aromatic carbocycles. The molecule has 1 N–H and O–H groups in total. The van der Waals surface area contributed by atoms with Gasteiger partial charge in [-0.3, -0.25) is 0 Å². The van der Waals surface area contributed by atoms with Crippen LogP contribution in [-0.4, -0.2) is 13.1 Å². The minimum Gasteiger partial charge on any atom is -0.316 e. The summed E-state index contributed by atoms with van der Waals surface area (Å²) in [4.78, 5) is 0. The first kappa shape index (κ1) is 7.60. The standard InChI is InChI=1S/C10H19N/c1-8-5-10(6-8)3-4-11-7-9(10)2/h8-9,11H,3-7H2,1-2H3. The summed E-state index contributed by atoms with van der Waals surface area (Å²) in [6.45, 7) is 7.32. The van der Waals surface area contributed by atoms with Gasteiger partial charge < -0.3 is 5.32 Å². The van der Waals surface area contributed by atoms with E-state index in [-0.39, 0.29) is 0 Å². The molecule has 0 amide bonds. The lowest BCUT2D eigenvalue weighted by molar-refractivity contribution is -0.0175. The molecule has 1 atom stereocenters. The van der Waals surface area contributed by atoms with E-state index in [0.29, 0.717) is 0 Å². The van der Waals surface area contributed by atoms with Crippen LogP contribution in [0.15, 0.2) is 0 Å². The largest absolute Gasteiger partial charge is 0.316 e. The van der Waals surface area contributed by atoms with Crippen molar-refractivity contribution in [2.24, 2.45) is 17.3 Å². The second-order valence-electron chi connectivity index (χ2n) is 4.73. The highest BCUT2D eigenvalue weighted by Crippen LogP contribution is 2.53. The maximum absolute atomic E-state index is 3.47. The molecule has 1 aliphatic heterocycles. The molecule has 1 saturated carbocycles. The molecule has 1 aliphatic carbocycles. The Morgan fingerprint density at radius 1 is 1.27 bits per heavy atom. The van der Waals surface area contributed by atoms with Gasteiger partial charge in [0.05, 0.1) is 0 Å². The van der Waals surface area contributed by atoms with E-state index in [0.717, 1.165) is 17.3 Å². The Morgan fingerprint density at radius 2 is 2.00 bits per heavy atom. The molecule has 2 aliphatic rings. The third-order valence-electron chi connectivity index (χ3n) is 3.81. The first-order valence-electron chi connectivity index (χ1n) is 4.94. The highest BCUT2D eigenvalue weighted by molar-refractivity contribution is 4.98. The van der Waals surface area contributed by atoms with E-state index < -0.39 is 0 Å². The minimum atomic E-state index is 0.769. The molecule has 0 radical (unpaired) electrons. The van der Waals surface area contributed by atoms with Gasteiger partial charge in [0.15, 0.2) is 0 Å². The summed E-state index contributed by atoms with van der Waals surface area (Å²) in [7, 11) is 0. The predicted octanol–water partition coefficient (Wildman–Crippen LogP) is 2.03. The summed E-state index contributed by atoms with van der Waals surface area (Å²) in [5, 5.41) is 3.47. The van der Waals surface area contributed by atoms with E-state index in [9.17, 15) is 0 Å². The van der Waals surface area contributed by atoms with E-state index in [1.807, 2.05) is 0 Å². The summed E-state index contributed by atoms with van der Waals surface area (Å²) in [5.74, 6) is 1.93. The molecule has 0 bridgehead atoms. The van der Waals surface area contributed by atoms with Gasteiger partial charge in [0, 0.05) is 0 Å². The lowest BCUT2D eigenvalue weighted by Crippen LogP contribution is -2.50. The Balaban J connectivity index is 2.00. The molecular formula is C10H19N. The molecule has 1 unspecified atom stereocenters. The topological polar surface area (TPSA) is 12.0 Å². The zero-order valence-electron chi connectivity index (χ0n) is 7.69. The monoisotopic (exact) mass is 153 g/mol. The lowest BCUT2D eigenvalue weighted by Gasteiger charge is -2.53. The fourth-order valence-electron chi connectivity index (χ4n) is 3.05. The maximum Gasteiger partial charge on any atom is -0.00178 e. The van der Waals surface area contributed by atoms with Crippen LogP contribution in [0, 0.1) is 17.3 Å². The molecule has 1 heterocycles. The summed E-state index contributed by atoms with van der Waals surface area (Å²) in [6, 6.07) is 0. The molecule has 11 heavy (non-hydrogen) atoms. The molecule has 64 valence electrons. The van der Waals surface area contributed by atoms with E-state index in [1.54, 1.807) is 0 Å².